The molecule has 0 spiro atoms. The van der Waals surface area contributed by atoms with Crippen molar-refractivity contribution >= 4 is 0 Å². The Balaban J connectivity index is 1.89. The van der Waals surface area contributed by atoms with Crippen LogP contribution in [0.2, 0.25) is 0 Å². The third-order valence-electron chi connectivity index (χ3n) is 5.32. The first-order chi connectivity index (χ1) is 8.69. The molecule has 2 rings (SSSR count). The fraction of sp³-hybridized carbons (Fsp3) is 1.00. The molecule has 2 fully saturated rings. The van der Waals surface area contributed by atoms with E-state index in [-0.39, 0.29) is 0 Å². The second kappa shape index (κ2) is 6.38. The van der Waals surface area contributed by atoms with Crippen molar-refractivity contribution in [1.82, 2.24) is 10.2 Å². The summed E-state index contributed by atoms with van der Waals surface area (Å²) in [4.78, 5) is 2.76. The van der Waals surface area contributed by atoms with Crippen LogP contribution < -0.4 is 5.32 Å². The highest BCUT2D eigenvalue weighted by Crippen LogP contribution is 2.31. The number of nitrogens with one attached hydrogen (secondary N) is 1. The normalized spacial score (nSPS) is 26.5. The quantitative estimate of drug-likeness (QED) is 0.747. The molecular weight excluding hydrogens is 220 g/mol. The van der Waals surface area contributed by atoms with Gasteiger partial charge in [0.25, 0.3) is 0 Å². The number of hydrogen-bond donors (Lipinski definition) is 1. The van der Waals surface area contributed by atoms with Crippen LogP contribution >= 0.6 is 0 Å². The number of piperidine rings is 1. The summed E-state index contributed by atoms with van der Waals surface area (Å²) >= 11 is 0. The predicted molar refractivity (Wildman–Crippen MR) is 78.9 cm³/mol. The fourth-order valence-electron chi connectivity index (χ4n) is 3.25. The monoisotopic (exact) mass is 252 g/mol. The Morgan fingerprint density at radius 2 is 1.83 bits per heavy atom. The van der Waals surface area contributed by atoms with E-state index < -0.39 is 0 Å². The van der Waals surface area contributed by atoms with Crippen molar-refractivity contribution in [3.05, 3.63) is 0 Å². The molecule has 0 radical (unpaired) electrons. The highest BCUT2D eigenvalue weighted by molar-refractivity contribution is 4.90. The predicted octanol–water partition coefficient (Wildman–Crippen LogP) is 3.42. The van der Waals surface area contributed by atoms with Gasteiger partial charge in [0.15, 0.2) is 0 Å². The highest BCUT2D eigenvalue weighted by atomic mass is 15.2. The van der Waals surface area contributed by atoms with Crippen LogP contribution in [0.5, 0.6) is 0 Å². The summed E-state index contributed by atoms with van der Waals surface area (Å²) in [6.07, 6.45) is 9.68. The van der Waals surface area contributed by atoms with Crippen LogP contribution in [0.1, 0.15) is 65.7 Å². The average molecular weight is 252 g/mol. The van der Waals surface area contributed by atoms with Gasteiger partial charge >= 0.3 is 0 Å². The Hall–Kier alpha value is -0.0800. The minimum Gasteiger partial charge on any atom is -0.313 e. The molecule has 2 aliphatic rings. The Morgan fingerprint density at radius 3 is 2.39 bits per heavy atom. The molecule has 1 atom stereocenters. The van der Waals surface area contributed by atoms with E-state index in [1.54, 1.807) is 0 Å². The average Bonchev–Trinajstić information content (AvgIpc) is 3.21. The van der Waals surface area contributed by atoms with E-state index in [9.17, 15) is 0 Å². The number of likely N-dealkylation sites (tertiary alicyclic amines) is 1. The molecule has 1 unspecified atom stereocenters. The largest absolute Gasteiger partial charge is 0.313 e. The van der Waals surface area contributed by atoms with Gasteiger partial charge in [-0.25, -0.2) is 0 Å². The van der Waals surface area contributed by atoms with E-state index in [4.69, 9.17) is 0 Å². The van der Waals surface area contributed by atoms with Crippen molar-refractivity contribution in [2.24, 2.45) is 5.41 Å². The van der Waals surface area contributed by atoms with Gasteiger partial charge in [0.2, 0.25) is 0 Å². The van der Waals surface area contributed by atoms with Crippen LogP contribution in [-0.4, -0.2) is 36.6 Å². The molecule has 1 saturated heterocycles. The van der Waals surface area contributed by atoms with E-state index in [1.165, 1.54) is 64.6 Å². The standard InChI is InChI=1S/C16H32N2/c1-4-16(5-2,12-17-15-9-10-15)13-18-11-7-6-8-14(18)3/h14-15,17H,4-13H2,1-3H3. The van der Waals surface area contributed by atoms with Crippen LogP contribution in [0.3, 0.4) is 0 Å². The first-order valence-corrected chi connectivity index (χ1v) is 8.16. The van der Waals surface area contributed by atoms with E-state index >= 15 is 0 Å². The minimum atomic E-state index is 0.508. The molecule has 0 bridgehead atoms. The Morgan fingerprint density at radius 1 is 1.11 bits per heavy atom. The maximum atomic E-state index is 3.78. The molecule has 1 N–H and O–H groups in total. The van der Waals surface area contributed by atoms with E-state index in [0.717, 1.165) is 12.1 Å². The number of rotatable bonds is 7. The first-order valence-electron chi connectivity index (χ1n) is 8.16. The van der Waals surface area contributed by atoms with Gasteiger partial charge in [-0.2, -0.15) is 0 Å². The Bertz CT molecular complexity index is 243. The van der Waals surface area contributed by atoms with Gasteiger partial charge < -0.3 is 10.2 Å². The fourth-order valence-corrected chi connectivity index (χ4v) is 3.25. The van der Waals surface area contributed by atoms with Crippen LogP contribution in [0.25, 0.3) is 0 Å². The lowest BCUT2D eigenvalue weighted by Gasteiger charge is -2.42. The molecule has 0 aromatic rings. The second-order valence-electron chi connectivity index (χ2n) is 6.68. The third kappa shape index (κ3) is 3.71. The van der Waals surface area contributed by atoms with Gasteiger partial charge in [0.05, 0.1) is 0 Å². The third-order valence-corrected chi connectivity index (χ3v) is 5.32. The van der Waals surface area contributed by atoms with Crippen LogP contribution in [0.4, 0.5) is 0 Å². The zero-order valence-corrected chi connectivity index (χ0v) is 12.7. The molecule has 106 valence electrons. The summed E-state index contributed by atoms with van der Waals surface area (Å²) in [6, 6.07) is 1.65. The van der Waals surface area contributed by atoms with Crippen molar-refractivity contribution in [3.8, 4) is 0 Å². The van der Waals surface area contributed by atoms with Crippen LogP contribution in [0.15, 0.2) is 0 Å². The number of nitrogens with zero attached hydrogens (tertiary/aromatic N) is 1. The lowest BCUT2D eigenvalue weighted by atomic mass is 9.80. The van der Waals surface area contributed by atoms with Gasteiger partial charge in [0, 0.05) is 25.2 Å². The van der Waals surface area contributed by atoms with Crippen molar-refractivity contribution in [1.29, 1.82) is 0 Å². The molecule has 18 heavy (non-hydrogen) atoms. The minimum absolute atomic E-state index is 0.508. The Kier molecular flexibility index (Phi) is 5.08. The Labute approximate surface area is 114 Å². The van der Waals surface area contributed by atoms with Crippen molar-refractivity contribution in [2.45, 2.75) is 77.8 Å². The molecule has 1 aliphatic carbocycles. The summed E-state index contributed by atoms with van der Waals surface area (Å²) < 4.78 is 0. The van der Waals surface area contributed by atoms with Crippen LogP contribution in [0, 0.1) is 5.41 Å². The molecule has 2 nitrogen and oxygen atoms in total. The van der Waals surface area contributed by atoms with Crippen molar-refractivity contribution in [3.63, 3.8) is 0 Å². The lowest BCUT2D eigenvalue weighted by Crippen LogP contribution is -2.48. The smallest absolute Gasteiger partial charge is 0.00684 e. The topological polar surface area (TPSA) is 15.3 Å². The first kappa shape index (κ1) is 14.3. The molecule has 1 aliphatic heterocycles. The van der Waals surface area contributed by atoms with E-state index in [1.807, 2.05) is 0 Å². The lowest BCUT2D eigenvalue weighted by molar-refractivity contribution is 0.0802. The molecule has 0 amide bonds. The van der Waals surface area contributed by atoms with Gasteiger partial charge in [-0.3, -0.25) is 0 Å². The van der Waals surface area contributed by atoms with E-state index in [2.05, 4.69) is 31.0 Å². The maximum Gasteiger partial charge on any atom is 0.00684 e. The zero-order valence-electron chi connectivity index (χ0n) is 12.7. The summed E-state index contributed by atoms with van der Waals surface area (Å²) in [5.41, 5.74) is 0.508. The van der Waals surface area contributed by atoms with E-state index in [0.29, 0.717) is 5.41 Å². The molecule has 2 heteroatoms. The SMILES string of the molecule is CCC(CC)(CNC1CC1)CN1CCCCC1C. The van der Waals surface area contributed by atoms with Crippen LogP contribution in [-0.2, 0) is 0 Å². The second-order valence-corrected chi connectivity index (χ2v) is 6.68. The van der Waals surface area contributed by atoms with Crippen molar-refractivity contribution < 1.29 is 0 Å². The summed E-state index contributed by atoms with van der Waals surface area (Å²) in [5.74, 6) is 0. The van der Waals surface area contributed by atoms with Gasteiger partial charge in [-0.15, -0.1) is 0 Å². The van der Waals surface area contributed by atoms with Gasteiger partial charge in [-0.1, -0.05) is 20.3 Å². The molecular formula is C16H32N2. The molecule has 0 aromatic carbocycles. The summed E-state index contributed by atoms with van der Waals surface area (Å²) in [5, 5.41) is 3.78. The van der Waals surface area contributed by atoms with Gasteiger partial charge in [-0.05, 0) is 57.4 Å². The molecule has 1 saturated carbocycles. The zero-order chi connectivity index (χ0) is 13.0. The number of hydrogen-bond acceptors (Lipinski definition) is 2. The molecule has 0 aromatic heterocycles. The summed E-state index contributed by atoms with van der Waals surface area (Å²) in [7, 11) is 0. The van der Waals surface area contributed by atoms with Gasteiger partial charge in [0.1, 0.15) is 0 Å². The van der Waals surface area contributed by atoms with Crippen molar-refractivity contribution in [2.75, 3.05) is 19.6 Å². The highest BCUT2D eigenvalue weighted by Gasteiger charge is 2.33. The summed E-state index contributed by atoms with van der Waals surface area (Å²) in [6.45, 7) is 11.0. The molecule has 1 heterocycles. The maximum absolute atomic E-state index is 3.78.